The third-order valence-corrected chi connectivity index (χ3v) is 8.00. The number of fused-ring (bicyclic) bond motifs is 1. The summed E-state index contributed by atoms with van der Waals surface area (Å²) >= 11 is 0. The molecule has 0 N–H and O–H groups in total. The number of aromatic nitrogens is 3. The second kappa shape index (κ2) is 10.8. The molecule has 0 amide bonds. The molecule has 10 heteroatoms. The van der Waals surface area contributed by atoms with E-state index in [0.717, 1.165) is 42.7 Å². The minimum Gasteiger partial charge on any atom is -0.483 e. The number of rotatable bonds is 8. The van der Waals surface area contributed by atoms with E-state index in [2.05, 4.69) is 41.7 Å². The fraction of sp³-hybridized carbons (Fsp3) is 0.536. The Balaban J connectivity index is 1.43. The van der Waals surface area contributed by atoms with Gasteiger partial charge in [0.2, 0.25) is 0 Å². The molecule has 9 nitrogen and oxygen atoms in total. The number of pyridine rings is 1. The molecule has 0 spiro atoms. The third kappa shape index (κ3) is 4.76. The maximum Gasteiger partial charge on any atom is 0.252 e. The highest BCUT2D eigenvalue weighted by Gasteiger charge is 2.36. The molecule has 0 bridgehead atoms. The molecule has 3 aromatic rings. The minimum atomic E-state index is -0.351. The van der Waals surface area contributed by atoms with Crippen LogP contribution < -0.4 is 15.2 Å². The Kier molecular flexibility index (Phi) is 7.41. The molecule has 0 saturated carbocycles. The molecular weight excluding hydrogens is 487 g/mol. The molecular formula is C28H35FN6O3. The third-order valence-electron chi connectivity index (χ3n) is 8.00. The van der Waals surface area contributed by atoms with Crippen molar-refractivity contribution in [2.24, 2.45) is 7.05 Å². The molecule has 0 radical (unpaired) electrons. The highest BCUT2D eigenvalue weighted by Crippen LogP contribution is 2.35. The number of piperazine rings is 1. The zero-order chi connectivity index (χ0) is 27.0. The zero-order valence-electron chi connectivity index (χ0n) is 22.4. The monoisotopic (exact) mass is 522 g/mol. The average molecular weight is 523 g/mol. The Bertz CT molecular complexity index is 1410. The first-order chi connectivity index (χ1) is 18.3. The highest BCUT2D eigenvalue weighted by atomic mass is 19.1. The lowest BCUT2D eigenvalue weighted by molar-refractivity contribution is -0.0809. The van der Waals surface area contributed by atoms with Crippen molar-refractivity contribution in [1.29, 1.82) is 5.26 Å². The SMILES string of the molecule is CC[C@H]1CN([C@H](C)c2ccc(OC3COC3)c(F)c2)[C@H](CC)CN1c1cc(=O)n(C)c2cn(CC#N)nc12. The van der Waals surface area contributed by atoms with Crippen molar-refractivity contribution in [1.82, 2.24) is 19.2 Å². The van der Waals surface area contributed by atoms with Gasteiger partial charge in [0.25, 0.3) is 5.56 Å². The van der Waals surface area contributed by atoms with Crippen LogP contribution >= 0.6 is 0 Å². The zero-order valence-corrected chi connectivity index (χ0v) is 22.4. The average Bonchev–Trinajstić information content (AvgIpc) is 3.32. The largest absolute Gasteiger partial charge is 0.483 e. The first-order valence-electron chi connectivity index (χ1n) is 13.3. The van der Waals surface area contributed by atoms with Crippen LogP contribution in [0.15, 0.2) is 35.3 Å². The first-order valence-corrected chi connectivity index (χ1v) is 13.3. The summed E-state index contributed by atoms with van der Waals surface area (Å²) in [5.74, 6) is -0.0847. The Morgan fingerprint density at radius 3 is 2.61 bits per heavy atom. The summed E-state index contributed by atoms with van der Waals surface area (Å²) in [6.07, 6.45) is 3.46. The van der Waals surface area contributed by atoms with Gasteiger partial charge in [0.1, 0.15) is 18.2 Å². The van der Waals surface area contributed by atoms with Crippen molar-refractivity contribution < 1.29 is 13.9 Å². The number of halogens is 1. The second-order valence-corrected chi connectivity index (χ2v) is 10.3. The van der Waals surface area contributed by atoms with E-state index in [-0.39, 0.29) is 47.9 Å². The van der Waals surface area contributed by atoms with Crippen LogP contribution in [0.1, 0.15) is 45.2 Å². The predicted octanol–water partition coefficient (Wildman–Crippen LogP) is 3.62. The van der Waals surface area contributed by atoms with Crippen LogP contribution in [0.4, 0.5) is 10.1 Å². The van der Waals surface area contributed by atoms with E-state index in [1.54, 1.807) is 40.7 Å². The van der Waals surface area contributed by atoms with Crippen LogP contribution in [0.25, 0.3) is 11.0 Å². The van der Waals surface area contributed by atoms with Gasteiger partial charge in [-0.25, -0.2) is 4.39 Å². The van der Waals surface area contributed by atoms with E-state index in [1.165, 1.54) is 0 Å². The molecule has 1 aromatic carbocycles. The summed E-state index contributed by atoms with van der Waals surface area (Å²) in [5.41, 5.74) is 3.06. The quantitative estimate of drug-likeness (QED) is 0.447. The van der Waals surface area contributed by atoms with E-state index in [4.69, 9.17) is 14.7 Å². The standard InChI is InChI=1S/C28H35FN6O3/c1-5-20-14-35(24-12-27(36)32(4)25-15-33(10-9-30)31-28(24)25)21(6-2)13-34(20)18(3)19-7-8-26(23(29)11-19)38-22-16-37-17-22/h7-8,11-12,15,18,20-22H,5-6,10,13-14,16-17H2,1-4H3/t18-,20-,21+/m1/s1. The van der Waals surface area contributed by atoms with Crippen molar-refractivity contribution >= 4 is 16.7 Å². The first kappa shape index (κ1) is 26.2. The number of hydrogen-bond acceptors (Lipinski definition) is 7. The van der Waals surface area contributed by atoms with E-state index in [1.807, 2.05) is 6.07 Å². The van der Waals surface area contributed by atoms with Crippen LogP contribution in [-0.2, 0) is 18.3 Å². The number of anilines is 1. The second-order valence-electron chi connectivity index (χ2n) is 10.3. The van der Waals surface area contributed by atoms with E-state index in [9.17, 15) is 9.18 Å². The summed E-state index contributed by atoms with van der Waals surface area (Å²) in [4.78, 5) is 17.6. The van der Waals surface area contributed by atoms with Crippen LogP contribution in [0.2, 0.25) is 0 Å². The molecule has 2 fully saturated rings. The Hall–Kier alpha value is -3.42. The molecule has 202 valence electrons. The molecule has 0 unspecified atom stereocenters. The van der Waals surface area contributed by atoms with Crippen LogP contribution in [0, 0.1) is 17.1 Å². The van der Waals surface area contributed by atoms with Crippen LogP contribution in [-0.4, -0.2) is 63.7 Å². The number of nitrogens with zero attached hydrogens (tertiary/aromatic N) is 6. The normalized spacial score (nSPS) is 21.3. The van der Waals surface area contributed by atoms with Gasteiger partial charge in [-0.2, -0.15) is 10.4 Å². The number of benzene rings is 1. The van der Waals surface area contributed by atoms with Gasteiger partial charge in [-0.15, -0.1) is 0 Å². The maximum absolute atomic E-state index is 14.9. The van der Waals surface area contributed by atoms with Crippen molar-refractivity contribution in [2.45, 2.75) is 64.4 Å². The van der Waals surface area contributed by atoms with Gasteiger partial charge in [0.05, 0.1) is 36.7 Å². The molecule has 0 aliphatic carbocycles. The lowest BCUT2D eigenvalue weighted by Gasteiger charge is -2.49. The van der Waals surface area contributed by atoms with Crippen molar-refractivity contribution in [3.8, 4) is 11.8 Å². The smallest absolute Gasteiger partial charge is 0.252 e. The Morgan fingerprint density at radius 1 is 1.21 bits per heavy atom. The van der Waals surface area contributed by atoms with E-state index >= 15 is 0 Å². The van der Waals surface area contributed by atoms with Gasteiger partial charge in [0.15, 0.2) is 11.6 Å². The number of nitriles is 1. The molecule has 3 atom stereocenters. The Labute approximate surface area is 222 Å². The molecule has 4 heterocycles. The summed E-state index contributed by atoms with van der Waals surface area (Å²) in [6.45, 7) is 9.04. The topological polar surface area (TPSA) is 88.5 Å². The van der Waals surface area contributed by atoms with Crippen molar-refractivity contribution in [3.63, 3.8) is 0 Å². The molecule has 5 rings (SSSR count). The van der Waals surface area contributed by atoms with Crippen molar-refractivity contribution in [2.75, 3.05) is 31.2 Å². The van der Waals surface area contributed by atoms with E-state index in [0.29, 0.717) is 18.7 Å². The minimum absolute atomic E-state index is 0.00485. The lowest BCUT2D eigenvalue weighted by atomic mass is 9.96. The van der Waals surface area contributed by atoms with Gasteiger partial charge in [0, 0.05) is 44.3 Å². The van der Waals surface area contributed by atoms with Gasteiger partial charge in [-0.1, -0.05) is 19.9 Å². The molecule has 2 aliphatic heterocycles. The molecule has 2 aromatic heterocycles. The van der Waals surface area contributed by atoms with Gasteiger partial charge >= 0.3 is 0 Å². The molecule has 2 aliphatic rings. The fourth-order valence-electron chi connectivity index (χ4n) is 5.59. The lowest BCUT2D eigenvalue weighted by Crippen LogP contribution is -2.58. The Morgan fingerprint density at radius 2 is 1.97 bits per heavy atom. The number of hydrogen-bond donors (Lipinski definition) is 0. The number of ether oxygens (including phenoxy) is 2. The van der Waals surface area contributed by atoms with E-state index < -0.39 is 0 Å². The molecule has 38 heavy (non-hydrogen) atoms. The van der Waals surface area contributed by atoms with Crippen LogP contribution in [0.5, 0.6) is 5.75 Å². The summed E-state index contributed by atoms with van der Waals surface area (Å²) in [6, 6.07) is 9.40. The summed E-state index contributed by atoms with van der Waals surface area (Å²) in [5, 5.41) is 13.8. The maximum atomic E-state index is 14.9. The van der Waals surface area contributed by atoms with Gasteiger partial charge in [-0.05, 0) is 37.5 Å². The van der Waals surface area contributed by atoms with Gasteiger partial charge in [-0.3, -0.25) is 14.4 Å². The highest BCUT2D eigenvalue weighted by molar-refractivity contribution is 5.88. The van der Waals surface area contributed by atoms with Crippen LogP contribution in [0.3, 0.4) is 0 Å². The predicted molar refractivity (Wildman–Crippen MR) is 143 cm³/mol. The van der Waals surface area contributed by atoms with Gasteiger partial charge < -0.3 is 18.9 Å². The van der Waals surface area contributed by atoms with Crippen molar-refractivity contribution in [3.05, 3.63) is 52.2 Å². The summed E-state index contributed by atoms with van der Waals surface area (Å²) < 4.78 is 28.9. The fourth-order valence-corrected chi connectivity index (χ4v) is 5.59. The summed E-state index contributed by atoms with van der Waals surface area (Å²) in [7, 11) is 1.73. The molecule has 2 saturated heterocycles. The number of aryl methyl sites for hydroxylation is 1.